The first-order valence-electron chi connectivity index (χ1n) is 8.97. The van der Waals surface area contributed by atoms with Crippen molar-refractivity contribution >= 4 is 22.9 Å². The molecule has 2 aromatic heterocycles. The number of nitrogens with two attached hydrogens (primary N) is 1. The summed E-state index contributed by atoms with van der Waals surface area (Å²) in [5.74, 6) is 1.84. The first-order chi connectivity index (χ1) is 13.7. The molecule has 28 heavy (non-hydrogen) atoms. The molecular formula is C21H21N5O2. The second kappa shape index (κ2) is 7.56. The number of nitrogens with one attached hydrogen (secondary N) is 1. The van der Waals surface area contributed by atoms with Crippen molar-refractivity contribution in [2.24, 2.45) is 10.7 Å². The molecule has 0 bridgehead atoms. The van der Waals surface area contributed by atoms with Crippen molar-refractivity contribution in [3.63, 3.8) is 0 Å². The normalized spacial score (nSPS) is 14.0. The van der Waals surface area contributed by atoms with Crippen molar-refractivity contribution in [2.45, 2.75) is 12.8 Å². The highest BCUT2D eigenvalue weighted by Crippen LogP contribution is 2.32. The van der Waals surface area contributed by atoms with Gasteiger partial charge >= 0.3 is 0 Å². The maximum Gasteiger partial charge on any atom is 0.227 e. The van der Waals surface area contributed by atoms with E-state index in [4.69, 9.17) is 19.9 Å². The average molecular weight is 375 g/mol. The Kier molecular flexibility index (Phi) is 4.80. The van der Waals surface area contributed by atoms with Crippen LogP contribution in [0.5, 0.6) is 5.75 Å². The summed E-state index contributed by atoms with van der Waals surface area (Å²) in [7, 11) is 3.35. The highest BCUT2D eigenvalue weighted by Gasteiger charge is 2.26. The summed E-state index contributed by atoms with van der Waals surface area (Å²) in [6.07, 6.45) is 4.97. The lowest BCUT2D eigenvalue weighted by atomic mass is 9.90. The van der Waals surface area contributed by atoms with Crippen LogP contribution in [0.25, 0.3) is 5.57 Å². The lowest BCUT2D eigenvalue weighted by molar-refractivity contribution is 0.417. The fourth-order valence-corrected chi connectivity index (χ4v) is 3.30. The van der Waals surface area contributed by atoms with Crippen LogP contribution in [0.4, 0.5) is 11.6 Å². The van der Waals surface area contributed by atoms with E-state index in [1.54, 1.807) is 20.4 Å². The molecule has 1 aliphatic carbocycles. The number of para-hydroxylation sites is 2. The summed E-state index contributed by atoms with van der Waals surface area (Å²) >= 11 is 0. The Bertz CT molecular complexity index is 1050. The van der Waals surface area contributed by atoms with Gasteiger partial charge in [-0.05, 0) is 42.7 Å². The first-order valence-corrected chi connectivity index (χ1v) is 8.97. The SMILES string of the molecule is CN=C(C1=C(N)CCc2cnc(Nc3ccccc3OC)nc21)c1ccco1. The van der Waals surface area contributed by atoms with E-state index in [1.807, 2.05) is 42.6 Å². The summed E-state index contributed by atoms with van der Waals surface area (Å²) in [5, 5.41) is 3.23. The van der Waals surface area contributed by atoms with Crippen LogP contribution in [-0.4, -0.2) is 29.8 Å². The molecular weight excluding hydrogens is 354 g/mol. The molecule has 0 atom stereocenters. The monoisotopic (exact) mass is 375 g/mol. The summed E-state index contributed by atoms with van der Waals surface area (Å²) in [5.41, 5.74) is 11.2. The van der Waals surface area contributed by atoms with E-state index in [0.717, 1.165) is 41.1 Å². The molecule has 1 aliphatic rings. The van der Waals surface area contributed by atoms with Crippen molar-refractivity contribution in [1.29, 1.82) is 0 Å². The van der Waals surface area contributed by atoms with Crippen LogP contribution in [0.15, 0.2) is 64.0 Å². The van der Waals surface area contributed by atoms with Gasteiger partial charge < -0.3 is 20.2 Å². The number of hydrogen-bond acceptors (Lipinski definition) is 7. The molecule has 0 fully saturated rings. The van der Waals surface area contributed by atoms with Crippen LogP contribution in [-0.2, 0) is 6.42 Å². The molecule has 3 N–H and O–H groups in total. The van der Waals surface area contributed by atoms with Gasteiger partial charge in [0.2, 0.25) is 5.95 Å². The van der Waals surface area contributed by atoms with Crippen LogP contribution in [0, 0.1) is 0 Å². The second-order valence-electron chi connectivity index (χ2n) is 6.34. The fourth-order valence-electron chi connectivity index (χ4n) is 3.30. The van der Waals surface area contributed by atoms with Crippen molar-refractivity contribution < 1.29 is 9.15 Å². The van der Waals surface area contributed by atoms with E-state index >= 15 is 0 Å². The van der Waals surface area contributed by atoms with Crippen LogP contribution in [0.3, 0.4) is 0 Å². The minimum Gasteiger partial charge on any atom is -0.495 e. The van der Waals surface area contributed by atoms with Crippen LogP contribution in [0.1, 0.15) is 23.4 Å². The number of aryl methyl sites for hydroxylation is 1. The van der Waals surface area contributed by atoms with Gasteiger partial charge in [0.05, 0.1) is 24.8 Å². The average Bonchev–Trinajstić information content (AvgIpc) is 3.25. The highest BCUT2D eigenvalue weighted by atomic mass is 16.5. The van der Waals surface area contributed by atoms with Crippen molar-refractivity contribution in [2.75, 3.05) is 19.5 Å². The fraction of sp³-hybridized carbons (Fsp3) is 0.190. The van der Waals surface area contributed by atoms with E-state index in [1.165, 1.54) is 0 Å². The number of rotatable bonds is 5. The number of allylic oxidation sites excluding steroid dienone is 2. The molecule has 0 unspecified atom stereocenters. The van der Waals surface area contributed by atoms with Gasteiger partial charge in [-0.25, -0.2) is 9.97 Å². The summed E-state index contributed by atoms with van der Waals surface area (Å²) in [4.78, 5) is 13.7. The van der Waals surface area contributed by atoms with Crippen molar-refractivity contribution in [3.8, 4) is 5.75 Å². The van der Waals surface area contributed by atoms with Crippen molar-refractivity contribution in [1.82, 2.24) is 9.97 Å². The minimum absolute atomic E-state index is 0.463. The van der Waals surface area contributed by atoms with E-state index in [-0.39, 0.29) is 0 Å². The topological polar surface area (TPSA) is 98.6 Å². The Labute approximate surface area is 163 Å². The number of fused-ring (bicyclic) bond motifs is 1. The van der Waals surface area contributed by atoms with Gasteiger partial charge in [0.15, 0.2) is 5.76 Å². The Morgan fingerprint density at radius 1 is 1.21 bits per heavy atom. The van der Waals surface area contributed by atoms with Gasteiger partial charge in [-0.1, -0.05) is 12.1 Å². The molecule has 0 radical (unpaired) electrons. The highest BCUT2D eigenvalue weighted by molar-refractivity contribution is 6.31. The molecule has 0 saturated heterocycles. The molecule has 3 aromatic rings. The zero-order valence-corrected chi connectivity index (χ0v) is 15.8. The number of furan rings is 1. The number of anilines is 2. The third-order valence-electron chi connectivity index (χ3n) is 4.65. The third kappa shape index (κ3) is 3.22. The number of benzene rings is 1. The molecule has 0 aliphatic heterocycles. The Balaban J connectivity index is 1.76. The molecule has 7 heteroatoms. The van der Waals surface area contributed by atoms with Crippen LogP contribution in [0.2, 0.25) is 0 Å². The Morgan fingerprint density at radius 2 is 2.07 bits per heavy atom. The van der Waals surface area contributed by atoms with Gasteiger partial charge in [0, 0.05) is 24.5 Å². The molecule has 0 saturated carbocycles. The third-order valence-corrected chi connectivity index (χ3v) is 4.65. The van der Waals surface area contributed by atoms with Gasteiger partial charge in [0.1, 0.15) is 11.5 Å². The summed E-state index contributed by atoms with van der Waals surface area (Å²) < 4.78 is 11.0. The number of nitrogens with zero attached hydrogens (tertiary/aromatic N) is 3. The zero-order valence-electron chi connectivity index (χ0n) is 15.8. The first kappa shape index (κ1) is 17.8. The Morgan fingerprint density at radius 3 is 2.82 bits per heavy atom. The molecule has 7 nitrogen and oxygen atoms in total. The molecule has 2 heterocycles. The molecule has 142 valence electrons. The lowest BCUT2D eigenvalue weighted by Crippen LogP contribution is -2.19. The van der Waals surface area contributed by atoms with Crippen molar-refractivity contribution in [3.05, 3.63) is 71.6 Å². The zero-order chi connectivity index (χ0) is 19.5. The summed E-state index contributed by atoms with van der Waals surface area (Å²) in [6, 6.07) is 11.3. The van der Waals surface area contributed by atoms with E-state index in [9.17, 15) is 0 Å². The maximum absolute atomic E-state index is 6.38. The van der Waals surface area contributed by atoms with E-state index in [0.29, 0.717) is 23.2 Å². The number of aliphatic imine (C=N–C) groups is 1. The quantitative estimate of drug-likeness (QED) is 0.662. The van der Waals surface area contributed by atoms with Gasteiger partial charge in [-0.2, -0.15) is 0 Å². The van der Waals surface area contributed by atoms with E-state index in [2.05, 4.69) is 15.3 Å². The summed E-state index contributed by atoms with van der Waals surface area (Å²) in [6.45, 7) is 0. The predicted molar refractivity (Wildman–Crippen MR) is 109 cm³/mol. The number of aromatic nitrogens is 2. The molecule has 0 spiro atoms. The van der Waals surface area contributed by atoms with Gasteiger partial charge in [-0.3, -0.25) is 4.99 Å². The second-order valence-corrected chi connectivity index (χ2v) is 6.34. The number of hydrogen-bond donors (Lipinski definition) is 2. The van der Waals surface area contributed by atoms with Crippen LogP contribution >= 0.6 is 0 Å². The largest absolute Gasteiger partial charge is 0.495 e. The van der Waals surface area contributed by atoms with E-state index < -0.39 is 0 Å². The smallest absolute Gasteiger partial charge is 0.227 e. The van der Waals surface area contributed by atoms with Crippen LogP contribution < -0.4 is 15.8 Å². The molecule has 4 rings (SSSR count). The van der Waals surface area contributed by atoms with Gasteiger partial charge in [-0.15, -0.1) is 0 Å². The predicted octanol–water partition coefficient (Wildman–Crippen LogP) is 3.56. The number of ether oxygens (including phenoxy) is 1. The molecule has 0 amide bonds. The number of methoxy groups -OCH3 is 1. The molecule has 1 aromatic carbocycles. The minimum atomic E-state index is 0.463. The maximum atomic E-state index is 6.38. The Hall–Kier alpha value is -3.61. The van der Waals surface area contributed by atoms with Gasteiger partial charge in [0.25, 0.3) is 0 Å². The lowest BCUT2D eigenvalue weighted by Gasteiger charge is -2.21. The standard InChI is InChI=1S/C21H21N5O2/c1-23-20(17-8-5-11-28-17)18-14(22)10-9-13-12-24-21(26-19(13)18)25-15-6-3-4-7-16(15)27-2/h3-8,11-12H,9-10,22H2,1-2H3,(H,24,25,26).